The van der Waals surface area contributed by atoms with Crippen LogP contribution in [0, 0.1) is 5.92 Å². The third kappa shape index (κ3) is 3.67. The molecule has 0 unspecified atom stereocenters. The van der Waals surface area contributed by atoms with Gasteiger partial charge in [0.2, 0.25) is 5.91 Å². The van der Waals surface area contributed by atoms with Crippen LogP contribution in [0.3, 0.4) is 0 Å². The maximum Gasteiger partial charge on any atom is 0.227 e. The van der Waals surface area contributed by atoms with E-state index in [4.69, 9.17) is 4.74 Å². The molecule has 1 aromatic rings. The lowest BCUT2D eigenvalue weighted by Gasteiger charge is -2.29. The molecular formula is C16H23FN2O2S. The van der Waals surface area contributed by atoms with E-state index < -0.39 is 6.17 Å². The number of alkyl halides is 1. The average molecular weight is 326 g/mol. The Morgan fingerprint density at radius 2 is 2.45 bits per heavy atom. The predicted molar refractivity (Wildman–Crippen MR) is 84.6 cm³/mol. The van der Waals surface area contributed by atoms with Crippen molar-refractivity contribution >= 4 is 17.2 Å². The molecule has 0 bridgehead atoms. The Kier molecular flexibility index (Phi) is 5.10. The van der Waals surface area contributed by atoms with Crippen LogP contribution in [0.1, 0.15) is 17.7 Å². The van der Waals surface area contributed by atoms with E-state index >= 15 is 0 Å². The number of carbonyl (C=O) groups is 1. The number of hydrogen-bond acceptors (Lipinski definition) is 4. The summed E-state index contributed by atoms with van der Waals surface area (Å²) in [5.41, 5.74) is 0. The lowest BCUT2D eigenvalue weighted by Crippen LogP contribution is -2.43. The summed E-state index contributed by atoms with van der Waals surface area (Å²) in [7, 11) is 1.83. The van der Waals surface area contributed by atoms with Gasteiger partial charge in [-0.25, -0.2) is 4.39 Å². The summed E-state index contributed by atoms with van der Waals surface area (Å²) >= 11 is 1.70. The summed E-state index contributed by atoms with van der Waals surface area (Å²) in [6.45, 7) is 3.04. The van der Waals surface area contributed by atoms with Crippen LogP contribution >= 0.6 is 11.3 Å². The number of carbonyl (C=O) groups excluding carboxylic acids is 1. The molecule has 2 fully saturated rings. The van der Waals surface area contributed by atoms with Gasteiger partial charge < -0.3 is 9.64 Å². The summed E-state index contributed by atoms with van der Waals surface area (Å²) in [5, 5.41) is 2.04. The highest BCUT2D eigenvalue weighted by Crippen LogP contribution is 2.25. The number of ether oxygens (including phenoxy) is 1. The van der Waals surface area contributed by atoms with Crippen molar-refractivity contribution in [1.82, 2.24) is 9.80 Å². The van der Waals surface area contributed by atoms with E-state index in [1.165, 1.54) is 4.88 Å². The van der Waals surface area contributed by atoms with Gasteiger partial charge in [-0.05, 0) is 24.3 Å². The summed E-state index contributed by atoms with van der Waals surface area (Å²) in [5.74, 6) is 0.120. The average Bonchev–Trinajstić information content (AvgIpc) is 3.22. The van der Waals surface area contributed by atoms with Gasteiger partial charge in [0.15, 0.2) is 0 Å². The smallest absolute Gasteiger partial charge is 0.227 e. The van der Waals surface area contributed by atoms with Crippen LogP contribution < -0.4 is 0 Å². The minimum absolute atomic E-state index is 0.0154. The molecule has 0 saturated carbocycles. The summed E-state index contributed by atoms with van der Waals surface area (Å²) in [6, 6.07) is 4.21. The Morgan fingerprint density at radius 3 is 3.14 bits per heavy atom. The summed E-state index contributed by atoms with van der Waals surface area (Å²) in [6.07, 6.45) is 0.533. The molecule has 1 amide bonds. The standard InChI is InChI=1S/C16H23FN2O2S/c1-18(16(20)12-4-5-21-11-12)9-14-7-13(17)8-19(14)10-15-3-2-6-22-15/h2-3,6,12-14H,4-5,7-11H2,1H3/t12-,13+,14+/m1/s1. The normalized spacial score (nSPS) is 29.1. The Balaban J connectivity index is 1.58. The highest BCUT2D eigenvalue weighted by Gasteiger charge is 2.35. The minimum atomic E-state index is -0.789. The number of nitrogens with zero attached hydrogens (tertiary/aromatic N) is 2. The molecule has 22 heavy (non-hydrogen) atoms. The first kappa shape index (κ1) is 15.9. The van der Waals surface area contributed by atoms with Gasteiger partial charge in [-0.15, -0.1) is 11.3 Å². The SMILES string of the molecule is CN(C[C@@H]1C[C@H](F)CN1Cc1cccs1)C(=O)[C@@H]1CCOC1. The van der Waals surface area contributed by atoms with Crippen molar-refractivity contribution in [1.29, 1.82) is 0 Å². The molecule has 0 aliphatic carbocycles. The largest absolute Gasteiger partial charge is 0.381 e. The number of hydrogen-bond donors (Lipinski definition) is 0. The highest BCUT2D eigenvalue weighted by atomic mass is 32.1. The molecule has 4 nitrogen and oxygen atoms in total. The monoisotopic (exact) mass is 326 g/mol. The maximum absolute atomic E-state index is 13.8. The van der Waals surface area contributed by atoms with Gasteiger partial charge in [0.05, 0.1) is 12.5 Å². The molecule has 0 spiro atoms. The molecule has 0 N–H and O–H groups in total. The van der Waals surface area contributed by atoms with Crippen molar-refractivity contribution in [2.75, 3.05) is 33.4 Å². The van der Waals surface area contributed by atoms with E-state index in [1.54, 1.807) is 16.2 Å². The fourth-order valence-corrected chi connectivity index (χ4v) is 4.09. The first-order valence-electron chi connectivity index (χ1n) is 7.86. The van der Waals surface area contributed by atoms with Crippen molar-refractivity contribution in [3.63, 3.8) is 0 Å². The first-order chi connectivity index (χ1) is 10.6. The molecule has 1 aromatic heterocycles. The Labute approximate surface area is 134 Å². The lowest BCUT2D eigenvalue weighted by molar-refractivity contribution is -0.134. The molecule has 2 aliphatic heterocycles. The topological polar surface area (TPSA) is 32.8 Å². The highest BCUT2D eigenvalue weighted by molar-refractivity contribution is 7.09. The second kappa shape index (κ2) is 7.06. The van der Waals surface area contributed by atoms with E-state index in [2.05, 4.69) is 11.0 Å². The summed E-state index contributed by atoms with van der Waals surface area (Å²) in [4.78, 5) is 17.6. The number of likely N-dealkylation sites (N-methyl/N-ethyl adjacent to an activating group) is 1. The molecule has 0 aromatic carbocycles. The molecule has 2 aliphatic rings. The van der Waals surface area contributed by atoms with Gasteiger partial charge in [0, 0.05) is 44.2 Å². The Morgan fingerprint density at radius 1 is 1.59 bits per heavy atom. The minimum Gasteiger partial charge on any atom is -0.381 e. The van der Waals surface area contributed by atoms with Gasteiger partial charge in [0.25, 0.3) is 0 Å². The van der Waals surface area contributed by atoms with E-state index in [-0.39, 0.29) is 17.9 Å². The molecule has 3 heterocycles. The van der Waals surface area contributed by atoms with Crippen molar-refractivity contribution in [2.45, 2.75) is 31.6 Å². The quantitative estimate of drug-likeness (QED) is 0.831. The molecule has 2 saturated heterocycles. The van der Waals surface area contributed by atoms with Gasteiger partial charge in [0.1, 0.15) is 6.17 Å². The van der Waals surface area contributed by atoms with Crippen molar-refractivity contribution in [3.05, 3.63) is 22.4 Å². The third-order valence-electron chi connectivity index (χ3n) is 4.56. The number of likely N-dealkylation sites (tertiary alicyclic amines) is 1. The lowest BCUT2D eigenvalue weighted by atomic mass is 10.1. The van der Waals surface area contributed by atoms with E-state index in [9.17, 15) is 9.18 Å². The van der Waals surface area contributed by atoms with Crippen LogP contribution in [-0.2, 0) is 16.1 Å². The maximum atomic E-state index is 13.8. The fraction of sp³-hybridized carbons (Fsp3) is 0.688. The predicted octanol–water partition coefficient (Wildman–Crippen LogP) is 2.16. The number of amides is 1. The van der Waals surface area contributed by atoms with Crippen LogP contribution in [0.25, 0.3) is 0 Å². The third-order valence-corrected chi connectivity index (χ3v) is 5.42. The molecular weight excluding hydrogens is 303 g/mol. The zero-order chi connectivity index (χ0) is 15.5. The molecule has 6 heteroatoms. The van der Waals surface area contributed by atoms with Crippen LogP contribution in [0.5, 0.6) is 0 Å². The second-order valence-electron chi connectivity index (χ2n) is 6.27. The molecule has 3 atom stereocenters. The van der Waals surface area contributed by atoms with Gasteiger partial charge >= 0.3 is 0 Å². The molecule has 0 radical (unpaired) electrons. The van der Waals surface area contributed by atoms with E-state index in [0.717, 1.165) is 13.0 Å². The fourth-order valence-electron chi connectivity index (χ4n) is 3.36. The molecule has 3 rings (SSSR count). The van der Waals surface area contributed by atoms with E-state index in [1.807, 2.05) is 18.5 Å². The van der Waals surface area contributed by atoms with Crippen molar-refractivity contribution in [2.24, 2.45) is 5.92 Å². The van der Waals surface area contributed by atoms with Gasteiger partial charge in [-0.3, -0.25) is 9.69 Å². The van der Waals surface area contributed by atoms with E-state index in [0.29, 0.717) is 32.7 Å². The number of thiophene rings is 1. The first-order valence-corrected chi connectivity index (χ1v) is 8.74. The zero-order valence-electron chi connectivity index (χ0n) is 12.9. The van der Waals surface area contributed by atoms with Crippen LogP contribution in [-0.4, -0.2) is 61.3 Å². The van der Waals surface area contributed by atoms with Gasteiger partial charge in [-0.1, -0.05) is 6.07 Å². The Hall–Kier alpha value is -0.980. The van der Waals surface area contributed by atoms with Crippen molar-refractivity contribution < 1.29 is 13.9 Å². The van der Waals surface area contributed by atoms with Gasteiger partial charge in [-0.2, -0.15) is 0 Å². The second-order valence-corrected chi connectivity index (χ2v) is 7.31. The zero-order valence-corrected chi connectivity index (χ0v) is 13.7. The van der Waals surface area contributed by atoms with Crippen LogP contribution in [0.2, 0.25) is 0 Å². The summed E-state index contributed by atoms with van der Waals surface area (Å²) < 4.78 is 19.1. The van der Waals surface area contributed by atoms with Crippen LogP contribution in [0.4, 0.5) is 4.39 Å². The number of rotatable bonds is 5. The Bertz CT molecular complexity index is 490. The molecule has 122 valence electrons. The van der Waals surface area contributed by atoms with Crippen LogP contribution in [0.15, 0.2) is 17.5 Å². The number of halogens is 1. The van der Waals surface area contributed by atoms with Crippen molar-refractivity contribution in [3.8, 4) is 0 Å².